The average molecular weight is 504 g/mol. The molecular weight excluding hydrogens is 480 g/mol. The van der Waals surface area contributed by atoms with Crippen molar-refractivity contribution in [2.24, 2.45) is 7.05 Å². The summed E-state index contributed by atoms with van der Waals surface area (Å²) in [7, 11) is 1.49. The highest BCUT2D eigenvalue weighted by molar-refractivity contribution is 6.05. The van der Waals surface area contributed by atoms with Crippen LogP contribution in [0, 0.1) is 0 Å². The van der Waals surface area contributed by atoms with Crippen LogP contribution in [0.15, 0.2) is 24.3 Å². The number of benzene rings is 1. The Morgan fingerprint density at radius 3 is 1.86 bits per heavy atom. The van der Waals surface area contributed by atoms with E-state index >= 15 is 0 Å². The largest absolute Gasteiger partial charge is 0.371 e. The number of fused-ring (bicyclic) bond motifs is 3. The van der Waals surface area contributed by atoms with Crippen LogP contribution in [0.25, 0.3) is 10.9 Å². The number of piperidine rings is 2. The summed E-state index contributed by atoms with van der Waals surface area (Å²) in [6, 6.07) is 6.30. The third-order valence-electron chi connectivity index (χ3n) is 6.53. The number of carbonyl (C=O) groups is 1. The number of nitrogens with one attached hydrogen (secondary N) is 1. The molecule has 0 radical (unpaired) electrons. The molecule has 194 valence electrons. The van der Waals surface area contributed by atoms with Crippen LogP contribution in [0.5, 0.6) is 0 Å². The number of carbonyl (C=O) groups excluding carboxylic acids is 1. The van der Waals surface area contributed by atoms with Crippen LogP contribution in [0.3, 0.4) is 0 Å². The van der Waals surface area contributed by atoms with Crippen molar-refractivity contribution in [2.45, 2.75) is 53.5 Å². The number of rotatable bonds is 3. The summed E-state index contributed by atoms with van der Waals surface area (Å²) < 4.78 is 1.30. The first kappa shape index (κ1) is 25.7. The van der Waals surface area contributed by atoms with E-state index in [-0.39, 0.29) is 11.1 Å². The highest BCUT2D eigenvalue weighted by Gasteiger charge is 2.89. The van der Waals surface area contributed by atoms with E-state index in [1.807, 2.05) is 5.32 Å². The summed E-state index contributed by atoms with van der Waals surface area (Å²) in [5.74, 6) is -15.1. The predicted molar refractivity (Wildman–Crippen MR) is 105 cm³/mol. The van der Waals surface area contributed by atoms with E-state index in [0.717, 1.165) is 0 Å². The molecule has 0 spiro atoms. The average Bonchev–Trinajstić information content (AvgIpc) is 3.01. The maximum Gasteiger partial charge on any atom is 0.350 e. The van der Waals surface area contributed by atoms with Crippen LogP contribution >= 0.6 is 0 Å². The standard InChI is InChI=1S/C18H24N4O13/c1-21-9-5-3-2-4-8(9)10(20-21)11(23)19-12(24)6-13(25)15(27,28)17(31,32)16(29,30)14(26,7-12)22(13)18(33,34)35/h2-5,24-35H,6-7H2,1H3,(H,19,23). The van der Waals surface area contributed by atoms with Gasteiger partial charge in [0.2, 0.25) is 0 Å². The van der Waals surface area contributed by atoms with Gasteiger partial charge in [-0.3, -0.25) is 9.48 Å². The van der Waals surface area contributed by atoms with Gasteiger partial charge in [0.05, 0.1) is 5.52 Å². The molecular formula is C18H24N4O13. The van der Waals surface area contributed by atoms with Crippen molar-refractivity contribution in [3.63, 3.8) is 0 Å². The van der Waals surface area contributed by atoms with E-state index < -0.39 is 64.3 Å². The zero-order valence-electron chi connectivity index (χ0n) is 17.8. The van der Waals surface area contributed by atoms with E-state index in [1.165, 1.54) is 17.8 Å². The molecule has 1 amide bonds. The molecule has 13 N–H and O–H groups in total. The second kappa shape index (κ2) is 6.89. The molecule has 2 atom stereocenters. The molecule has 2 unspecified atom stereocenters. The summed E-state index contributed by atoms with van der Waals surface area (Å²) in [6.07, 6.45) is -7.86. The van der Waals surface area contributed by atoms with Crippen molar-refractivity contribution in [3.8, 4) is 0 Å². The highest BCUT2D eigenvalue weighted by Crippen LogP contribution is 2.59. The lowest BCUT2D eigenvalue weighted by atomic mass is 9.65. The Hall–Kier alpha value is -2.36. The number of hydrogen-bond donors (Lipinski definition) is 13. The first-order valence-corrected chi connectivity index (χ1v) is 9.89. The molecule has 2 aliphatic heterocycles. The third-order valence-corrected chi connectivity index (χ3v) is 6.53. The van der Waals surface area contributed by atoms with Crippen molar-refractivity contribution >= 4 is 16.8 Å². The second-order valence-electron chi connectivity index (χ2n) is 8.91. The lowest BCUT2D eigenvalue weighted by molar-refractivity contribution is -0.624. The van der Waals surface area contributed by atoms with Gasteiger partial charge in [0.15, 0.2) is 17.1 Å². The predicted octanol–water partition coefficient (Wildman–Crippen LogP) is -6.89. The van der Waals surface area contributed by atoms with Crippen LogP contribution < -0.4 is 5.32 Å². The van der Waals surface area contributed by atoms with Crippen LogP contribution in [0.4, 0.5) is 0 Å². The van der Waals surface area contributed by atoms with E-state index in [4.69, 9.17) is 0 Å². The van der Waals surface area contributed by atoms with Crippen molar-refractivity contribution < 1.29 is 66.1 Å². The normalized spacial score (nSPS) is 34.1. The van der Waals surface area contributed by atoms with Gasteiger partial charge in [-0.25, -0.2) is 0 Å². The van der Waals surface area contributed by atoms with Crippen molar-refractivity contribution in [1.82, 2.24) is 20.0 Å². The topological polar surface area (TPSA) is 293 Å². The van der Waals surface area contributed by atoms with E-state index in [0.29, 0.717) is 5.52 Å². The van der Waals surface area contributed by atoms with Gasteiger partial charge in [0, 0.05) is 25.3 Å². The molecule has 17 heteroatoms. The molecule has 0 aliphatic carbocycles. The Balaban J connectivity index is 1.85. The molecule has 35 heavy (non-hydrogen) atoms. The zero-order valence-corrected chi connectivity index (χ0v) is 17.8. The van der Waals surface area contributed by atoms with Gasteiger partial charge in [-0.1, -0.05) is 18.2 Å². The fraction of sp³-hybridized carbons (Fsp3) is 0.556. The van der Waals surface area contributed by atoms with Gasteiger partial charge in [0.25, 0.3) is 23.3 Å². The minimum atomic E-state index is -4.65. The first-order chi connectivity index (χ1) is 15.7. The lowest BCUT2D eigenvalue weighted by Gasteiger charge is -2.70. The van der Waals surface area contributed by atoms with E-state index in [1.54, 1.807) is 18.2 Å². The number of nitrogens with zero attached hydrogens (tertiary/aromatic N) is 3. The number of hydrogen-bond acceptors (Lipinski definition) is 15. The molecule has 2 bridgehead atoms. The SMILES string of the molecule is Cn1nc(C(=O)NC2(O)CC3(O)N(C(O)(O)O)C(O)(C2)C(O)(O)C(O)(O)C3(O)O)c2ccccc21. The van der Waals surface area contributed by atoms with Gasteiger partial charge < -0.3 is 66.6 Å². The van der Waals surface area contributed by atoms with Gasteiger partial charge in [-0.05, 0) is 6.07 Å². The van der Waals surface area contributed by atoms with E-state index in [9.17, 15) is 66.1 Å². The van der Waals surface area contributed by atoms with Gasteiger partial charge in [-0.15, -0.1) is 0 Å². The molecule has 2 aromatic rings. The molecule has 1 aromatic carbocycles. The smallest absolute Gasteiger partial charge is 0.350 e. The maximum atomic E-state index is 13.0. The highest BCUT2D eigenvalue weighted by atomic mass is 16.7. The Morgan fingerprint density at radius 1 is 0.886 bits per heavy atom. The molecule has 1 aromatic heterocycles. The number of para-hydroxylation sites is 1. The zero-order chi connectivity index (χ0) is 26.6. The minimum absolute atomic E-state index is 0.272. The lowest BCUT2D eigenvalue weighted by Crippen LogP contribution is -2.98. The number of aryl methyl sites for hydroxylation is 1. The minimum Gasteiger partial charge on any atom is -0.371 e. The Kier molecular flexibility index (Phi) is 5.07. The molecule has 3 heterocycles. The molecule has 17 nitrogen and oxygen atoms in total. The fourth-order valence-corrected chi connectivity index (χ4v) is 4.94. The summed E-state index contributed by atoms with van der Waals surface area (Å²) >= 11 is 0. The van der Waals surface area contributed by atoms with Crippen molar-refractivity contribution in [3.05, 3.63) is 30.0 Å². The summed E-state index contributed by atoms with van der Waals surface area (Å²) in [6.45, 7) is 0. The maximum absolute atomic E-state index is 13.0. The number of amides is 1. The third kappa shape index (κ3) is 3.04. The van der Waals surface area contributed by atoms with Crippen LogP contribution in [0.2, 0.25) is 0 Å². The Morgan fingerprint density at radius 2 is 1.37 bits per heavy atom. The van der Waals surface area contributed by atoms with Crippen molar-refractivity contribution in [2.75, 3.05) is 0 Å². The van der Waals surface area contributed by atoms with Crippen LogP contribution in [0.1, 0.15) is 23.3 Å². The summed E-state index contributed by atoms with van der Waals surface area (Å²) in [5, 5.41) is 130. The first-order valence-electron chi connectivity index (χ1n) is 9.89. The Bertz CT molecular complexity index is 1170. The molecule has 2 fully saturated rings. The van der Waals surface area contributed by atoms with Gasteiger partial charge >= 0.3 is 6.10 Å². The summed E-state index contributed by atoms with van der Waals surface area (Å²) in [5.41, 5.74) is -11.1. The summed E-state index contributed by atoms with van der Waals surface area (Å²) in [4.78, 5) is 12.1. The second-order valence-corrected chi connectivity index (χ2v) is 8.91. The molecule has 4 rings (SSSR count). The molecule has 2 aliphatic rings. The molecule has 0 saturated carbocycles. The van der Waals surface area contributed by atoms with E-state index in [2.05, 4.69) is 5.10 Å². The van der Waals surface area contributed by atoms with Crippen LogP contribution in [-0.2, 0) is 7.05 Å². The fourth-order valence-electron chi connectivity index (χ4n) is 4.94. The number of aromatic nitrogens is 2. The Labute approximate surface area is 194 Å². The van der Waals surface area contributed by atoms with Gasteiger partial charge in [0.1, 0.15) is 5.72 Å². The number of aliphatic hydroxyl groups is 12. The molecule has 2 saturated heterocycles. The van der Waals surface area contributed by atoms with Crippen molar-refractivity contribution in [1.29, 1.82) is 0 Å². The quantitative estimate of drug-likeness (QED) is 0.173. The monoisotopic (exact) mass is 504 g/mol. The van der Waals surface area contributed by atoms with Crippen LogP contribution in [-0.4, -0.2) is 122 Å². The van der Waals surface area contributed by atoms with Gasteiger partial charge in [-0.2, -0.15) is 10.00 Å².